The summed E-state index contributed by atoms with van der Waals surface area (Å²) >= 11 is 0. The summed E-state index contributed by atoms with van der Waals surface area (Å²) in [5.74, 6) is 2.70. The Bertz CT molecular complexity index is 1130. The lowest BCUT2D eigenvalue weighted by Gasteiger charge is -2.33. The third-order valence-corrected chi connectivity index (χ3v) is 6.00. The number of ether oxygens (including phenoxy) is 2. The van der Waals surface area contributed by atoms with Gasteiger partial charge in [-0.25, -0.2) is 9.97 Å². The monoisotopic (exact) mass is 410 g/mol. The number of nitrogens with zero attached hydrogens (tertiary/aromatic N) is 5. The van der Waals surface area contributed by atoms with Crippen LogP contribution in [0.15, 0.2) is 23.1 Å². The third-order valence-electron chi connectivity index (χ3n) is 6.00. The van der Waals surface area contributed by atoms with Gasteiger partial charge < -0.3 is 23.8 Å². The van der Waals surface area contributed by atoms with Crippen molar-refractivity contribution in [2.45, 2.75) is 32.4 Å². The zero-order valence-corrected chi connectivity index (χ0v) is 17.3. The van der Waals surface area contributed by atoms with Gasteiger partial charge in [-0.3, -0.25) is 9.78 Å². The Balaban J connectivity index is 1.45. The maximum absolute atomic E-state index is 12.7. The van der Waals surface area contributed by atoms with E-state index < -0.39 is 0 Å². The van der Waals surface area contributed by atoms with Crippen molar-refractivity contribution >= 4 is 22.8 Å². The molecule has 0 atom stereocenters. The molecule has 0 bridgehead atoms. The van der Waals surface area contributed by atoms with E-state index in [1.54, 1.807) is 26.4 Å². The fraction of sp³-hybridized carbons (Fsp3) is 0.476. The van der Waals surface area contributed by atoms with Crippen LogP contribution in [0.2, 0.25) is 0 Å². The van der Waals surface area contributed by atoms with Crippen molar-refractivity contribution in [1.29, 1.82) is 0 Å². The summed E-state index contributed by atoms with van der Waals surface area (Å²) in [5.41, 5.74) is 1.53. The lowest BCUT2D eigenvalue weighted by atomic mass is 10.1. The number of imidazole rings is 1. The number of anilines is 2. The van der Waals surface area contributed by atoms with E-state index in [4.69, 9.17) is 19.4 Å². The SMILES string of the molecule is COc1cc2nc(N3CCn4c(cnc4N4CCCCC4)C3)[nH]c(=O)c2cc1OC. The molecule has 1 saturated heterocycles. The summed E-state index contributed by atoms with van der Waals surface area (Å²) in [5, 5.41) is 0.478. The number of hydrogen-bond donors (Lipinski definition) is 1. The average molecular weight is 410 g/mol. The molecule has 1 N–H and O–H groups in total. The highest BCUT2D eigenvalue weighted by Gasteiger charge is 2.25. The van der Waals surface area contributed by atoms with Crippen LogP contribution in [-0.2, 0) is 13.1 Å². The number of hydrogen-bond acceptors (Lipinski definition) is 7. The minimum Gasteiger partial charge on any atom is -0.493 e. The summed E-state index contributed by atoms with van der Waals surface area (Å²) in [7, 11) is 3.12. The largest absolute Gasteiger partial charge is 0.493 e. The smallest absolute Gasteiger partial charge is 0.260 e. The quantitative estimate of drug-likeness (QED) is 0.705. The molecular weight excluding hydrogens is 384 g/mol. The topological polar surface area (TPSA) is 88.5 Å². The molecule has 9 nitrogen and oxygen atoms in total. The number of benzene rings is 1. The molecule has 0 amide bonds. The zero-order chi connectivity index (χ0) is 20.7. The van der Waals surface area contributed by atoms with Crippen LogP contribution < -0.4 is 24.8 Å². The lowest BCUT2D eigenvalue weighted by molar-refractivity contribution is 0.355. The molecule has 0 spiro atoms. The van der Waals surface area contributed by atoms with Gasteiger partial charge in [-0.15, -0.1) is 0 Å². The molecule has 1 aromatic carbocycles. The van der Waals surface area contributed by atoms with Gasteiger partial charge in [-0.2, -0.15) is 0 Å². The van der Waals surface area contributed by atoms with Crippen molar-refractivity contribution in [2.75, 3.05) is 43.7 Å². The Hall–Kier alpha value is -3.23. The molecule has 30 heavy (non-hydrogen) atoms. The molecule has 2 aromatic heterocycles. The van der Waals surface area contributed by atoms with Crippen molar-refractivity contribution in [3.63, 3.8) is 0 Å². The van der Waals surface area contributed by atoms with E-state index in [2.05, 4.69) is 19.4 Å². The van der Waals surface area contributed by atoms with Gasteiger partial charge in [-0.05, 0) is 25.3 Å². The van der Waals surface area contributed by atoms with Crippen LogP contribution in [0.25, 0.3) is 10.9 Å². The second-order valence-corrected chi connectivity index (χ2v) is 7.78. The van der Waals surface area contributed by atoms with E-state index in [1.165, 1.54) is 19.3 Å². The van der Waals surface area contributed by atoms with E-state index >= 15 is 0 Å². The van der Waals surface area contributed by atoms with Crippen molar-refractivity contribution in [3.05, 3.63) is 34.4 Å². The molecule has 0 saturated carbocycles. The van der Waals surface area contributed by atoms with E-state index in [-0.39, 0.29) is 5.56 Å². The van der Waals surface area contributed by atoms with Crippen LogP contribution in [-0.4, -0.2) is 53.4 Å². The van der Waals surface area contributed by atoms with E-state index in [0.29, 0.717) is 34.9 Å². The highest BCUT2D eigenvalue weighted by molar-refractivity contribution is 5.82. The second kappa shape index (κ2) is 7.55. The number of H-pyrrole nitrogens is 1. The van der Waals surface area contributed by atoms with Crippen LogP contribution >= 0.6 is 0 Å². The first-order chi connectivity index (χ1) is 14.7. The number of methoxy groups -OCH3 is 2. The predicted molar refractivity (Wildman–Crippen MR) is 115 cm³/mol. The minimum absolute atomic E-state index is 0.191. The molecule has 3 aromatic rings. The van der Waals surface area contributed by atoms with Gasteiger partial charge in [0.05, 0.1) is 43.6 Å². The van der Waals surface area contributed by atoms with Crippen LogP contribution in [0.5, 0.6) is 11.5 Å². The molecule has 2 aliphatic rings. The van der Waals surface area contributed by atoms with E-state index in [9.17, 15) is 4.79 Å². The summed E-state index contributed by atoms with van der Waals surface area (Å²) in [6, 6.07) is 3.41. The number of nitrogens with one attached hydrogen (secondary N) is 1. The number of rotatable bonds is 4. The third kappa shape index (κ3) is 3.14. The first kappa shape index (κ1) is 18.8. The normalized spacial score (nSPS) is 16.6. The summed E-state index contributed by atoms with van der Waals surface area (Å²) < 4.78 is 13.0. The highest BCUT2D eigenvalue weighted by atomic mass is 16.5. The number of piperidine rings is 1. The summed E-state index contributed by atoms with van der Waals surface area (Å²) in [4.78, 5) is 29.5. The second-order valence-electron chi connectivity index (χ2n) is 7.78. The van der Waals surface area contributed by atoms with E-state index in [0.717, 1.165) is 37.8 Å². The molecule has 2 aliphatic heterocycles. The van der Waals surface area contributed by atoms with E-state index in [1.807, 2.05) is 6.20 Å². The zero-order valence-electron chi connectivity index (χ0n) is 17.3. The first-order valence-electron chi connectivity index (χ1n) is 10.4. The van der Waals surface area contributed by atoms with Gasteiger partial charge in [-0.1, -0.05) is 0 Å². The standard InChI is InChI=1S/C21H26N6O3/c1-29-17-10-15-16(11-18(17)30-2)23-20(24-19(15)28)26-8-9-27-14(13-26)12-22-21(27)25-6-4-3-5-7-25/h10-12H,3-9,13H2,1-2H3,(H,23,24,28). The Morgan fingerprint density at radius 3 is 2.50 bits per heavy atom. The lowest BCUT2D eigenvalue weighted by Crippen LogP contribution is -2.38. The van der Waals surface area contributed by atoms with Gasteiger partial charge in [0.2, 0.25) is 11.9 Å². The van der Waals surface area contributed by atoms with Crippen molar-refractivity contribution in [3.8, 4) is 11.5 Å². The molecule has 0 aliphatic carbocycles. The number of aromatic nitrogens is 4. The Labute approximate surface area is 174 Å². The maximum Gasteiger partial charge on any atom is 0.260 e. The highest BCUT2D eigenvalue weighted by Crippen LogP contribution is 2.31. The first-order valence-corrected chi connectivity index (χ1v) is 10.4. The molecule has 0 radical (unpaired) electrons. The van der Waals surface area contributed by atoms with Crippen LogP contribution in [0.1, 0.15) is 25.0 Å². The molecule has 4 heterocycles. The molecule has 5 rings (SSSR count). The maximum atomic E-state index is 12.7. The average Bonchev–Trinajstić information content (AvgIpc) is 3.22. The fourth-order valence-electron chi connectivity index (χ4n) is 4.40. The Morgan fingerprint density at radius 1 is 0.967 bits per heavy atom. The van der Waals surface area contributed by atoms with Crippen molar-refractivity contribution in [2.24, 2.45) is 0 Å². The van der Waals surface area contributed by atoms with Gasteiger partial charge in [0.15, 0.2) is 11.5 Å². The summed E-state index contributed by atoms with van der Waals surface area (Å²) in [6.45, 7) is 4.37. The van der Waals surface area contributed by atoms with Gasteiger partial charge >= 0.3 is 0 Å². The Morgan fingerprint density at radius 2 is 1.73 bits per heavy atom. The van der Waals surface area contributed by atoms with Crippen LogP contribution in [0.3, 0.4) is 0 Å². The van der Waals surface area contributed by atoms with Gasteiger partial charge in [0.25, 0.3) is 5.56 Å². The van der Waals surface area contributed by atoms with Crippen molar-refractivity contribution in [1.82, 2.24) is 19.5 Å². The molecule has 1 fully saturated rings. The molecule has 158 valence electrons. The van der Waals surface area contributed by atoms with Gasteiger partial charge in [0, 0.05) is 32.2 Å². The Kier molecular flexibility index (Phi) is 4.72. The number of fused-ring (bicyclic) bond motifs is 2. The summed E-state index contributed by atoms with van der Waals surface area (Å²) in [6.07, 6.45) is 5.70. The fourth-order valence-corrected chi connectivity index (χ4v) is 4.40. The minimum atomic E-state index is -0.191. The van der Waals surface area contributed by atoms with Crippen molar-refractivity contribution < 1.29 is 9.47 Å². The van der Waals surface area contributed by atoms with Gasteiger partial charge in [0.1, 0.15) is 0 Å². The van der Waals surface area contributed by atoms with Crippen LogP contribution in [0, 0.1) is 0 Å². The number of aromatic amines is 1. The van der Waals surface area contributed by atoms with Crippen LogP contribution in [0.4, 0.5) is 11.9 Å². The molecule has 0 unspecified atom stereocenters. The predicted octanol–water partition coefficient (Wildman–Crippen LogP) is 2.15. The molecular formula is C21H26N6O3. The molecule has 9 heteroatoms.